The summed E-state index contributed by atoms with van der Waals surface area (Å²) in [5, 5.41) is 3.01. The average molecular weight is 359 g/mol. The molecular weight excluding hydrogens is 324 g/mol. The number of hydrogen-bond acceptors (Lipinski definition) is 3. The molecule has 1 aromatic carbocycles. The Hall–Kier alpha value is -1.65. The lowest BCUT2D eigenvalue weighted by Crippen LogP contribution is -2.35. The lowest BCUT2D eigenvalue weighted by Gasteiger charge is -2.31. The fourth-order valence-corrected chi connectivity index (χ4v) is 3.53. The van der Waals surface area contributed by atoms with Crippen molar-refractivity contribution in [3.63, 3.8) is 0 Å². The zero-order valence-corrected chi connectivity index (χ0v) is 16.4. The first-order valence-corrected chi connectivity index (χ1v) is 9.89. The number of benzene rings is 1. The molecule has 1 aromatic rings. The van der Waals surface area contributed by atoms with Crippen LogP contribution in [0.25, 0.3) is 0 Å². The standard InChI is InChI=1S/C22H34N2O2/c1-4-5-15-26-18(2)22(25)23-16-19-11-9-10-12-20(19)17-24(3)21-13-7-6-8-14-21/h4,9-12,18,21H,1,5-8,13-17H2,2-3H3,(H,23,25). The van der Waals surface area contributed by atoms with E-state index in [9.17, 15) is 4.79 Å². The van der Waals surface area contributed by atoms with E-state index in [2.05, 4.69) is 42.0 Å². The van der Waals surface area contributed by atoms with Gasteiger partial charge in [0.05, 0.1) is 6.61 Å². The second-order valence-electron chi connectivity index (χ2n) is 7.28. The summed E-state index contributed by atoms with van der Waals surface area (Å²) in [7, 11) is 2.22. The molecule has 26 heavy (non-hydrogen) atoms. The molecule has 0 saturated heterocycles. The first-order chi connectivity index (χ1) is 12.6. The summed E-state index contributed by atoms with van der Waals surface area (Å²) in [6.07, 6.45) is 8.78. The third kappa shape index (κ3) is 6.58. The fourth-order valence-electron chi connectivity index (χ4n) is 3.53. The van der Waals surface area contributed by atoms with Gasteiger partial charge < -0.3 is 10.1 Å². The Morgan fingerprint density at radius 1 is 1.31 bits per heavy atom. The molecule has 4 nitrogen and oxygen atoms in total. The SMILES string of the molecule is C=CCCOC(C)C(=O)NCc1ccccc1CN(C)C1CCCCC1. The van der Waals surface area contributed by atoms with E-state index in [4.69, 9.17) is 4.74 Å². The van der Waals surface area contributed by atoms with Gasteiger partial charge in [-0.25, -0.2) is 0 Å². The first kappa shape index (κ1) is 20.7. The number of ether oxygens (including phenoxy) is 1. The zero-order valence-electron chi connectivity index (χ0n) is 16.4. The van der Waals surface area contributed by atoms with Gasteiger partial charge >= 0.3 is 0 Å². The molecule has 0 spiro atoms. The van der Waals surface area contributed by atoms with Gasteiger partial charge in [-0.1, -0.05) is 49.6 Å². The molecule has 1 aliphatic rings. The van der Waals surface area contributed by atoms with Gasteiger partial charge in [-0.3, -0.25) is 9.69 Å². The van der Waals surface area contributed by atoms with Gasteiger partial charge in [0.2, 0.25) is 5.91 Å². The monoisotopic (exact) mass is 358 g/mol. The Balaban J connectivity index is 1.87. The highest BCUT2D eigenvalue weighted by molar-refractivity contribution is 5.80. The third-order valence-electron chi connectivity index (χ3n) is 5.25. The summed E-state index contributed by atoms with van der Waals surface area (Å²) in [4.78, 5) is 14.7. The minimum absolute atomic E-state index is 0.0653. The molecule has 0 aromatic heterocycles. The number of carbonyl (C=O) groups is 1. The van der Waals surface area contributed by atoms with Crippen molar-refractivity contribution < 1.29 is 9.53 Å². The summed E-state index contributed by atoms with van der Waals surface area (Å²) in [5.74, 6) is -0.0653. The van der Waals surface area contributed by atoms with E-state index in [1.165, 1.54) is 43.2 Å². The van der Waals surface area contributed by atoms with E-state index in [0.717, 1.165) is 13.0 Å². The second-order valence-corrected chi connectivity index (χ2v) is 7.28. The molecule has 1 atom stereocenters. The Morgan fingerprint density at radius 2 is 2.00 bits per heavy atom. The maximum atomic E-state index is 12.2. The van der Waals surface area contributed by atoms with Crippen LogP contribution >= 0.6 is 0 Å². The molecule has 1 fully saturated rings. The van der Waals surface area contributed by atoms with Crippen LogP contribution in [0.3, 0.4) is 0 Å². The number of nitrogens with one attached hydrogen (secondary N) is 1. The van der Waals surface area contributed by atoms with E-state index in [-0.39, 0.29) is 5.91 Å². The van der Waals surface area contributed by atoms with Crippen LogP contribution in [-0.4, -0.2) is 36.6 Å². The van der Waals surface area contributed by atoms with Crippen molar-refractivity contribution >= 4 is 5.91 Å². The van der Waals surface area contributed by atoms with Crippen LogP contribution < -0.4 is 5.32 Å². The highest BCUT2D eigenvalue weighted by Gasteiger charge is 2.19. The average Bonchev–Trinajstić information content (AvgIpc) is 2.67. The fraction of sp³-hybridized carbons (Fsp3) is 0.591. The normalized spacial score (nSPS) is 16.4. The van der Waals surface area contributed by atoms with Crippen LogP contribution in [0.1, 0.15) is 56.6 Å². The number of rotatable bonds is 10. The van der Waals surface area contributed by atoms with Gasteiger partial charge in [-0.2, -0.15) is 0 Å². The Labute approximate surface area is 158 Å². The number of nitrogens with zero attached hydrogens (tertiary/aromatic N) is 1. The summed E-state index contributed by atoms with van der Waals surface area (Å²) in [6, 6.07) is 9.08. The maximum Gasteiger partial charge on any atom is 0.249 e. The molecule has 0 aliphatic heterocycles. The highest BCUT2D eigenvalue weighted by atomic mass is 16.5. The Bertz CT molecular complexity index is 567. The van der Waals surface area contributed by atoms with Gasteiger partial charge in [0, 0.05) is 19.1 Å². The summed E-state index contributed by atoms with van der Waals surface area (Å²) in [5.41, 5.74) is 2.47. The van der Waals surface area contributed by atoms with Crippen molar-refractivity contribution in [1.29, 1.82) is 0 Å². The van der Waals surface area contributed by atoms with E-state index < -0.39 is 6.10 Å². The van der Waals surface area contributed by atoms with Crippen molar-refractivity contribution in [2.24, 2.45) is 0 Å². The summed E-state index contributed by atoms with van der Waals surface area (Å²) < 4.78 is 5.52. The predicted molar refractivity (Wildman–Crippen MR) is 107 cm³/mol. The molecule has 4 heteroatoms. The van der Waals surface area contributed by atoms with Gasteiger partial charge in [-0.15, -0.1) is 6.58 Å². The third-order valence-corrected chi connectivity index (χ3v) is 5.25. The molecule has 1 aliphatic carbocycles. The zero-order chi connectivity index (χ0) is 18.8. The maximum absolute atomic E-state index is 12.2. The second kappa shape index (κ2) is 11.1. The summed E-state index contributed by atoms with van der Waals surface area (Å²) >= 11 is 0. The van der Waals surface area contributed by atoms with Gasteiger partial charge in [-0.05, 0) is 44.4 Å². The number of amides is 1. The minimum Gasteiger partial charge on any atom is -0.368 e. The van der Waals surface area contributed by atoms with Crippen molar-refractivity contribution in [2.75, 3.05) is 13.7 Å². The lowest BCUT2D eigenvalue weighted by molar-refractivity contribution is -0.131. The van der Waals surface area contributed by atoms with Gasteiger partial charge in [0.15, 0.2) is 0 Å². The predicted octanol–water partition coefficient (Wildman–Crippen LogP) is 4.05. The van der Waals surface area contributed by atoms with Crippen LogP contribution in [0.4, 0.5) is 0 Å². The van der Waals surface area contributed by atoms with Crippen molar-refractivity contribution in [3.05, 3.63) is 48.0 Å². The molecule has 1 amide bonds. The Kier molecular flexibility index (Phi) is 8.86. The molecule has 144 valence electrons. The van der Waals surface area contributed by atoms with Gasteiger partial charge in [0.1, 0.15) is 6.10 Å². The Morgan fingerprint density at radius 3 is 2.69 bits per heavy atom. The van der Waals surface area contributed by atoms with Crippen molar-refractivity contribution in [2.45, 2.75) is 70.7 Å². The highest BCUT2D eigenvalue weighted by Crippen LogP contribution is 2.23. The van der Waals surface area contributed by atoms with Crippen LogP contribution in [-0.2, 0) is 22.6 Å². The van der Waals surface area contributed by atoms with Crippen molar-refractivity contribution in [3.8, 4) is 0 Å². The topological polar surface area (TPSA) is 41.6 Å². The molecule has 1 saturated carbocycles. The molecule has 2 rings (SSSR count). The van der Waals surface area contributed by atoms with Crippen LogP contribution in [0.2, 0.25) is 0 Å². The van der Waals surface area contributed by atoms with Crippen LogP contribution in [0, 0.1) is 0 Å². The first-order valence-electron chi connectivity index (χ1n) is 9.89. The van der Waals surface area contributed by atoms with E-state index >= 15 is 0 Å². The van der Waals surface area contributed by atoms with Crippen molar-refractivity contribution in [1.82, 2.24) is 10.2 Å². The molecule has 0 radical (unpaired) electrons. The van der Waals surface area contributed by atoms with E-state index in [0.29, 0.717) is 19.2 Å². The quantitative estimate of drug-likeness (QED) is 0.507. The molecule has 0 bridgehead atoms. The number of carbonyl (C=O) groups excluding carboxylic acids is 1. The van der Waals surface area contributed by atoms with Crippen LogP contribution in [0.15, 0.2) is 36.9 Å². The minimum atomic E-state index is -0.438. The van der Waals surface area contributed by atoms with Crippen LogP contribution in [0.5, 0.6) is 0 Å². The van der Waals surface area contributed by atoms with Gasteiger partial charge in [0.25, 0.3) is 0 Å². The molecule has 1 N–H and O–H groups in total. The molecule has 0 heterocycles. The lowest BCUT2D eigenvalue weighted by atomic mass is 9.94. The smallest absolute Gasteiger partial charge is 0.249 e. The number of hydrogen-bond donors (Lipinski definition) is 1. The molecular formula is C22H34N2O2. The molecule has 1 unspecified atom stereocenters. The largest absolute Gasteiger partial charge is 0.368 e. The van der Waals surface area contributed by atoms with E-state index in [1.54, 1.807) is 13.0 Å². The van der Waals surface area contributed by atoms with E-state index in [1.807, 2.05) is 6.07 Å². The summed E-state index contributed by atoms with van der Waals surface area (Å²) in [6.45, 7) is 7.46.